The quantitative estimate of drug-likeness (QED) is 0.735. The van der Waals surface area contributed by atoms with Crippen molar-refractivity contribution in [1.29, 1.82) is 0 Å². The van der Waals surface area contributed by atoms with Crippen molar-refractivity contribution in [2.75, 3.05) is 23.5 Å². The zero-order chi connectivity index (χ0) is 14.7. The van der Waals surface area contributed by atoms with Crippen molar-refractivity contribution in [2.45, 2.75) is 13.0 Å². The summed E-state index contributed by atoms with van der Waals surface area (Å²) in [6.07, 6.45) is 1.01. The summed E-state index contributed by atoms with van der Waals surface area (Å²) in [6, 6.07) is 6.36. The molecular weight excluding hydrogens is 288 g/mol. The molecule has 1 atom stereocenters. The van der Waals surface area contributed by atoms with Gasteiger partial charge in [0.15, 0.2) is 0 Å². The van der Waals surface area contributed by atoms with E-state index < -0.39 is 37.4 Å². The summed E-state index contributed by atoms with van der Waals surface area (Å²) >= 11 is 0. The number of anilines is 1. The Kier molecular flexibility index (Phi) is 4.94. The van der Waals surface area contributed by atoms with E-state index in [0.717, 1.165) is 11.8 Å². The van der Waals surface area contributed by atoms with E-state index in [-0.39, 0.29) is 0 Å². The van der Waals surface area contributed by atoms with Gasteiger partial charge in [0.1, 0.15) is 9.84 Å². The molecule has 0 fully saturated rings. The Morgan fingerprint density at radius 1 is 1.11 bits per heavy atom. The Morgan fingerprint density at radius 2 is 1.63 bits per heavy atom. The molecule has 6 nitrogen and oxygen atoms in total. The summed E-state index contributed by atoms with van der Waals surface area (Å²) in [5.41, 5.74) is 6.90. The fourth-order valence-corrected chi connectivity index (χ4v) is 4.32. The molecule has 0 bridgehead atoms. The minimum atomic E-state index is -3.63. The number of nitrogens with one attached hydrogen (secondary N) is 1. The lowest BCUT2D eigenvalue weighted by Crippen LogP contribution is -2.31. The Bertz CT molecular complexity index is 621. The van der Waals surface area contributed by atoms with Crippen molar-refractivity contribution in [3.8, 4) is 0 Å². The van der Waals surface area contributed by atoms with Crippen LogP contribution in [0.1, 0.15) is 18.5 Å². The van der Waals surface area contributed by atoms with Crippen LogP contribution in [0, 0.1) is 0 Å². The van der Waals surface area contributed by atoms with Gasteiger partial charge in [-0.25, -0.2) is 21.6 Å². The normalized spacial score (nSPS) is 14.2. The van der Waals surface area contributed by atoms with Gasteiger partial charge in [0, 0.05) is 18.0 Å². The zero-order valence-corrected chi connectivity index (χ0v) is 12.5. The molecule has 0 saturated carbocycles. The van der Waals surface area contributed by atoms with Crippen molar-refractivity contribution < 1.29 is 16.8 Å². The smallest absolute Gasteiger partial charge is 0.213 e. The number of sulfonamides is 1. The molecule has 1 rings (SSSR count). The predicted molar refractivity (Wildman–Crippen MR) is 75.9 cm³/mol. The first-order chi connectivity index (χ1) is 8.59. The molecule has 8 heteroatoms. The molecule has 0 aliphatic heterocycles. The Hall–Kier alpha value is -1.12. The number of nitrogens with two attached hydrogens (primary N) is 1. The van der Waals surface area contributed by atoms with Crippen molar-refractivity contribution >= 4 is 25.5 Å². The van der Waals surface area contributed by atoms with Crippen LogP contribution in [0.4, 0.5) is 5.69 Å². The zero-order valence-electron chi connectivity index (χ0n) is 10.8. The molecule has 3 N–H and O–H groups in total. The van der Waals surface area contributed by atoms with Gasteiger partial charge in [-0.1, -0.05) is 12.1 Å². The number of hydrogen-bond acceptors (Lipinski definition) is 5. The molecule has 0 aromatic heterocycles. The summed E-state index contributed by atoms with van der Waals surface area (Å²) in [5, 5.41) is 0. The van der Waals surface area contributed by atoms with Crippen molar-refractivity contribution in [3.63, 3.8) is 0 Å². The van der Waals surface area contributed by atoms with E-state index in [1.54, 1.807) is 31.2 Å². The lowest BCUT2D eigenvalue weighted by atomic mass is 10.1. The standard InChI is InChI=1S/C11H18N2O4S2/c1-9(10-3-5-11(12)6-4-10)13-19(16,17)8-7-18(2,14)15/h3-6,9,13H,7-8,12H2,1-2H3. The Labute approximate surface area is 114 Å². The van der Waals surface area contributed by atoms with E-state index in [1.165, 1.54) is 0 Å². The van der Waals surface area contributed by atoms with Crippen molar-refractivity contribution in [2.24, 2.45) is 0 Å². The number of hydrogen-bond donors (Lipinski definition) is 2. The highest BCUT2D eigenvalue weighted by molar-refractivity contribution is 7.93. The van der Waals surface area contributed by atoms with Crippen LogP contribution >= 0.6 is 0 Å². The SMILES string of the molecule is CC(NS(=O)(=O)CCS(C)(=O)=O)c1ccc(N)cc1. The largest absolute Gasteiger partial charge is 0.399 e. The molecule has 1 aromatic carbocycles. The first-order valence-corrected chi connectivity index (χ1v) is 9.33. The van der Waals surface area contributed by atoms with Crippen molar-refractivity contribution in [1.82, 2.24) is 4.72 Å². The highest BCUT2D eigenvalue weighted by Gasteiger charge is 2.18. The Morgan fingerprint density at radius 3 is 2.11 bits per heavy atom. The molecule has 19 heavy (non-hydrogen) atoms. The first-order valence-electron chi connectivity index (χ1n) is 5.62. The highest BCUT2D eigenvalue weighted by atomic mass is 32.2. The van der Waals surface area contributed by atoms with E-state index in [2.05, 4.69) is 4.72 Å². The maximum absolute atomic E-state index is 11.7. The molecule has 1 aromatic rings. The maximum atomic E-state index is 11.7. The second kappa shape index (κ2) is 5.89. The second-order valence-electron chi connectivity index (χ2n) is 4.45. The third-order valence-electron chi connectivity index (χ3n) is 2.52. The first kappa shape index (κ1) is 15.9. The average molecular weight is 306 g/mol. The second-order valence-corrected chi connectivity index (χ2v) is 8.59. The number of rotatable bonds is 6. The molecule has 0 heterocycles. The van der Waals surface area contributed by atoms with Crippen molar-refractivity contribution in [3.05, 3.63) is 29.8 Å². The third kappa shape index (κ3) is 6.04. The van der Waals surface area contributed by atoms with Crippen LogP contribution in [0.2, 0.25) is 0 Å². The van der Waals surface area contributed by atoms with E-state index >= 15 is 0 Å². The van der Waals surface area contributed by atoms with Crippen LogP contribution in [0.15, 0.2) is 24.3 Å². The Balaban J connectivity index is 2.70. The minimum Gasteiger partial charge on any atom is -0.399 e. The van der Waals surface area contributed by atoms with Gasteiger partial charge in [-0.3, -0.25) is 0 Å². The highest BCUT2D eigenvalue weighted by Crippen LogP contribution is 2.15. The summed E-state index contributed by atoms with van der Waals surface area (Å²) in [5.74, 6) is -0.831. The number of benzene rings is 1. The van der Waals surface area contributed by atoms with Gasteiger partial charge in [-0.2, -0.15) is 0 Å². The van der Waals surface area contributed by atoms with E-state index in [9.17, 15) is 16.8 Å². The molecule has 0 aliphatic rings. The topological polar surface area (TPSA) is 106 Å². The van der Waals surface area contributed by atoms with Gasteiger partial charge >= 0.3 is 0 Å². The molecule has 0 aliphatic carbocycles. The van der Waals surface area contributed by atoms with Crippen LogP contribution in [-0.2, 0) is 19.9 Å². The van der Waals surface area contributed by atoms with Gasteiger partial charge in [-0.05, 0) is 24.6 Å². The van der Waals surface area contributed by atoms with Crippen LogP contribution < -0.4 is 10.5 Å². The molecule has 0 saturated heterocycles. The fourth-order valence-electron chi connectivity index (χ4n) is 1.44. The molecule has 0 spiro atoms. The molecular formula is C11H18N2O4S2. The predicted octanol–water partition coefficient (Wildman–Crippen LogP) is 0.294. The maximum Gasteiger partial charge on any atom is 0.213 e. The third-order valence-corrected chi connectivity index (χ3v) is 5.17. The van der Waals surface area contributed by atoms with Gasteiger partial charge in [0.2, 0.25) is 10.0 Å². The minimum absolute atomic E-state index is 0.392. The van der Waals surface area contributed by atoms with E-state index in [1.807, 2.05) is 0 Å². The summed E-state index contributed by atoms with van der Waals surface area (Å²) in [4.78, 5) is 0. The van der Waals surface area contributed by atoms with Crippen LogP contribution in [-0.4, -0.2) is 34.6 Å². The van der Waals surface area contributed by atoms with Crippen LogP contribution in [0.5, 0.6) is 0 Å². The average Bonchev–Trinajstić information content (AvgIpc) is 2.26. The summed E-state index contributed by atoms with van der Waals surface area (Å²) in [7, 11) is -6.93. The van der Waals surface area contributed by atoms with Gasteiger partial charge < -0.3 is 5.73 Å². The van der Waals surface area contributed by atoms with Crippen LogP contribution in [0.25, 0.3) is 0 Å². The van der Waals surface area contributed by atoms with Gasteiger partial charge in [-0.15, -0.1) is 0 Å². The molecule has 0 radical (unpaired) electrons. The fraction of sp³-hybridized carbons (Fsp3) is 0.455. The van der Waals surface area contributed by atoms with Crippen LogP contribution in [0.3, 0.4) is 0 Å². The lowest BCUT2D eigenvalue weighted by molar-refractivity contribution is 0.566. The lowest BCUT2D eigenvalue weighted by Gasteiger charge is -2.14. The number of nitrogen functional groups attached to an aromatic ring is 1. The molecule has 0 amide bonds. The summed E-state index contributed by atoms with van der Waals surface area (Å²) in [6.45, 7) is 1.68. The monoisotopic (exact) mass is 306 g/mol. The summed E-state index contributed by atoms with van der Waals surface area (Å²) < 4.78 is 47.8. The molecule has 1 unspecified atom stereocenters. The number of sulfone groups is 1. The van der Waals surface area contributed by atoms with E-state index in [4.69, 9.17) is 5.73 Å². The molecule has 108 valence electrons. The van der Waals surface area contributed by atoms with E-state index in [0.29, 0.717) is 5.69 Å². The van der Waals surface area contributed by atoms with Gasteiger partial charge in [0.05, 0.1) is 11.5 Å². The van der Waals surface area contributed by atoms with Gasteiger partial charge in [0.25, 0.3) is 0 Å².